The van der Waals surface area contributed by atoms with Gasteiger partial charge in [0.2, 0.25) is 5.91 Å². The Morgan fingerprint density at radius 2 is 1.91 bits per heavy atom. The molecule has 1 saturated carbocycles. The van der Waals surface area contributed by atoms with Crippen molar-refractivity contribution < 1.29 is 13.9 Å². The normalized spacial score (nSPS) is 15.2. The fraction of sp³-hybridized carbons (Fsp3) is 0.235. The highest BCUT2D eigenvalue weighted by Crippen LogP contribution is 2.49. The van der Waals surface area contributed by atoms with E-state index in [-0.39, 0.29) is 5.91 Å². The Bertz CT molecular complexity index is 711. The summed E-state index contributed by atoms with van der Waals surface area (Å²) in [5.41, 5.74) is 0.992. The van der Waals surface area contributed by atoms with Crippen LogP contribution in [-0.4, -0.2) is 13.0 Å². The van der Waals surface area contributed by atoms with Gasteiger partial charge in [-0.3, -0.25) is 4.79 Å². The SMILES string of the molecule is COc1cc(F)ccc1NC(=O)C1(c2ccc(Br)cc2)CC1. The highest BCUT2D eigenvalue weighted by Gasteiger charge is 2.51. The molecule has 0 spiro atoms. The van der Waals surface area contributed by atoms with Crippen LogP contribution in [0.1, 0.15) is 18.4 Å². The maximum Gasteiger partial charge on any atom is 0.235 e. The monoisotopic (exact) mass is 363 g/mol. The average Bonchev–Trinajstić information content (AvgIpc) is 3.31. The maximum absolute atomic E-state index is 13.2. The second kappa shape index (κ2) is 5.72. The van der Waals surface area contributed by atoms with Crippen molar-refractivity contribution in [2.45, 2.75) is 18.3 Å². The molecule has 22 heavy (non-hydrogen) atoms. The first kappa shape index (κ1) is 15.0. The van der Waals surface area contributed by atoms with Gasteiger partial charge in [0.25, 0.3) is 0 Å². The standard InChI is InChI=1S/C17H15BrFNO2/c1-22-15-10-13(19)6-7-14(15)20-16(21)17(8-9-17)11-2-4-12(18)5-3-11/h2-7,10H,8-9H2,1H3,(H,20,21). The molecule has 1 amide bonds. The van der Waals surface area contributed by atoms with E-state index in [1.54, 1.807) is 0 Å². The van der Waals surface area contributed by atoms with Crippen LogP contribution in [0, 0.1) is 5.82 Å². The fourth-order valence-corrected chi connectivity index (χ4v) is 2.82. The van der Waals surface area contributed by atoms with Gasteiger partial charge < -0.3 is 10.1 Å². The van der Waals surface area contributed by atoms with E-state index in [0.717, 1.165) is 22.9 Å². The molecule has 3 nitrogen and oxygen atoms in total. The van der Waals surface area contributed by atoms with E-state index in [1.165, 1.54) is 25.3 Å². The van der Waals surface area contributed by atoms with Crippen molar-refractivity contribution in [3.8, 4) is 5.75 Å². The molecule has 1 aliphatic rings. The molecule has 0 atom stereocenters. The summed E-state index contributed by atoms with van der Waals surface area (Å²) in [4.78, 5) is 12.7. The minimum absolute atomic E-state index is 0.0836. The largest absolute Gasteiger partial charge is 0.494 e. The van der Waals surface area contributed by atoms with Crippen LogP contribution in [-0.2, 0) is 10.2 Å². The Balaban J connectivity index is 1.84. The molecule has 0 heterocycles. The lowest BCUT2D eigenvalue weighted by atomic mass is 9.95. The number of nitrogens with one attached hydrogen (secondary N) is 1. The highest BCUT2D eigenvalue weighted by atomic mass is 79.9. The van der Waals surface area contributed by atoms with Gasteiger partial charge in [0.05, 0.1) is 18.2 Å². The van der Waals surface area contributed by atoms with Gasteiger partial charge in [-0.25, -0.2) is 4.39 Å². The highest BCUT2D eigenvalue weighted by molar-refractivity contribution is 9.10. The molecular weight excluding hydrogens is 349 g/mol. The molecule has 0 unspecified atom stereocenters. The first-order chi connectivity index (χ1) is 10.5. The first-order valence-electron chi connectivity index (χ1n) is 6.96. The van der Waals surface area contributed by atoms with Crippen LogP contribution in [0.4, 0.5) is 10.1 Å². The number of methoxy groups -OCH3 is 1. The van der Waals surface area contributed by atoms with Crippen LogP contribution in [0.3, 0.4) is 0 Å². The maximum atomic E-state index is 13.2. The van der Waals surface area contributed by atoms with E-state index in [4.69, 9.17) is 4.74 Å². The van der Waals surface area contributed by atoms with E-state index in [1.807, 2.05) is 24.3 Å². The number of anilines is 1. The average molecular weight is 364 g/mol. The van der Waals surface area contributed by atoms with Crippen LogP contribution >= 0.6 is 15.9 Å². The van der Waals surface area contributed by atoms with Crippen molar-refractivity contribution in [3.63, 3.8) is 0 Å². The summed E-state index contributed by atoms with van der Waals surface area (Å²) in [6, 6.07) is 11.9. The summed E-state index contributed by atoms with van der Waals surface area (Å²) in [5, 5.41) is 2.86. The topological polar surface area (TPSA) is 38.3 Å². The molecule has 1 N–H and O–H groups in total. The van der Waals surface area contributed by atoms with E-state index in [2.05, 4.69) is 21.2 Å². The third-order valence-electron chi connectivity index (χ3n) is 3.99. The number of benzene rings is 2. The molecule has 114 valence electrons. The molecular formula is C17H15BrFNO2. The van der Waals surface area contributed by atoms with E-state index in [9.17, 15) is 9.18 Å². The molecule has 2 aromatic carbocycles. The number of hydrogen-bond donors (Lipinski definition) is 1. The van der Waals surface area contributed by atoms with Crippen molar-refractivity contribution in [1.82, 2.24) is 0 Å². The summed E-state index contributed by atoms with van der Waals surface area (Å²) in [7, 11) is 1.45. The van der Waals surface area contributed by atoms with Gasteiger partial charge >= 0.3 is 0 Å². The summed E-state index contributed by atoms with van der Waals surface area (Å²) in [6.07, 6.45) is 1.62. The lowest BCUT2D eigenvalue weighted by Crippen LogP contribution is -2.28. The summed E-state index contributed by atoms with van der Waals surface area (Å²) in [6.45, 7) is 0. The molecule has 0 saturated heterocycles. The van der Waals surface area contributed by atoms with Gasteiger partial charge in [-0.2, -0.15) is 0 Å². The minimum Gasteiger partial charge on any atom is -0.494 e. The predicted octanol–water partition coefficient (Wildman–Crippen LogP) is 4.27. The first-order valence-corrected chi connectivity index (χ1v) is 7.75. The molecule has 1 aliphatic carbocycles. The molecule has 5 heteroatoms. The molecule has 0 radical (unpaired) electrons. The number of carbonyl (C=O) groups is 1. The summed E-state index contributed by atoms with van der Waals surface area (Å²) < 4.78 is 19.3. The number of ether oxygens (including phenoxy) is 1. The van der Waals surface area contributed by atoms with Gasteiger partial charge in [0.1, 0.15) is 11.6 Å². The van der Waals surface area contributed by atoms with Gasteiger partial charge in [-0.15, -0.1) is 0 Å². The third-order valence-corrected chi connectivity index (χ3v) is 4.52. The molecule has 0 aliphatic heterocycles. The van der Waals surface area contributed by atoms with Crippen LogP contribution in [0.2, 0.25) is 0 Å². The Hall–Kier alpha value is -1.88. The third kappa shape index (κ3) is 2.73. The zero-order valence-electron chi connectivity index (χ0n) is 12.0. The van der Waals surface area contributed by atoms with E-state index in [0.29, 0.717) is 11.4 Å². The van der Waals surface area contributed by atoms with E-state index >= 15 is 0 Å². The van der Waals surface area contributed by atoms with Crippen molar-refractivity contribution >= 4 is 27.5 Å². The predicted molar refractivity (Wildman–Crippen MR) is 86.6 cm³/mol. The quantitative estimate of drug-likeness (QED) is 0.880. The van der Waals surface area contributed by atoms with Crippen LogP contribution in [0.15, 0.2) is 46.9 Å². The lowest BCUT2D eigenvalue weighted by molar-refractivity contribution is -0.118. The van der Waals surface area contributed by atoms with Gasteiger partial charge in [-0.05, 0) is 42.7 Å². The summed E-state index contributed by atoms with van der Waals surface area (Å²) >= 11 is 3.40. The second-order valence-corrected chi connectivity index (χ2v) is 6.30. The van der Waals surface area contributed by atoms with Crippen LogP contribution in [0.25, 0.3) is 0 Å². The fourth-order valence-electron chi connectivity index (χ4n) is 2.55. The van der Waals surface area contributed by atoms with Crippen molar-refractivity contribution in [1.29, 1.82) is 0 Å². The Morgan fingerprint density at radius 3 is 2.50 bits per heavy atom. The molecule has 0 aromatic heterocycles. The van der Waals surface area contributed by atoms with E-state index < -0.39 is 11.2 Å². The second-order valence-electron chi connectivity index (χ2n) is 5.39. The zero-order valence-corrected chi connectivity index (χ0v) is 13.6. The number of amides is 1. The van der Waals surface area contributed by atoms with Crippen molar-refractivity contribution in [2.75, 3.05) is 12.4 Å². The minimum atomic E-state index is -0.486. The molecule has 2 aromatic rings. The van der Waals surface area contributed by atoms with Gasteiger partial charge in [0, 0.05) is 10.5 Å². The van der Waals surface area contributed by atoms with Crippen LogP contribution in [0.5, 0.6) is 5.75 Å². The Morgan fingerprint density at radius 1 is 1.23 bits per heavy atom. The van der Waals surface area contributed by atoms with Crippen molar-refractivity contribution in [3.05, 3.63) is 58.3 Å². The lowest BCUT2D eigenvalue weighted by Gasteiger charge is -2.17. The van der Waals surface area contributed by atoms with Crippen LogP contribution < -0.4 is 10.1 Å². The van der Waals surface area contributed by atoms with Gasteiger partial charge in [-0.1, -0.05) is 28.1 Å². The Kier molecular flexibility index (Phi) is 3.91. The molecule has 0 bridgehead atoms. The molecule has 1 fully saturated rings. The van der Waals surface area contributed by atoms with Gasteiger partial charge in [0.15, 0.2) is 0 Å². The smallest absolute Gasteiger partial charge is 0.235 e. The number of halogens is 2. The zero-order chi connectivity index (χ0) is 15.7. The number of carbonyl (C=O) groups excluding carboxylic acids is 1. The Labute approximate surface area is 136 Å². The number of rotatable bonds is 4. The summed E-state index contributed by atoms with van der Waals surface area (Å²) in [5.74, 6) is -0.163. The number of hydrogen-bond acceptors (Lipinski definition) is 2. The molecule has 3 rings (SSSR count). The van der Waals surface area contributed by atoms with Crippen molar-refractivity contribution in [2.24, 2.45) is 0 Å².